The molecule has 1 heterocycles. The van der Waals surface area contributed by atoms with Gasteiger partial charge in [0, 0.05) is 23.6 Å². The molecule has 3 rings (SSSR count). The van der Waals surface area contributed by atoms with Gasteiger partial charge in [-0.3, -0.25) is 4.79 Å². The second kappa shape index (κ2) is 6.28. The second-order valence-corrected chi connectivity index (χ2v) is 5.72. The maximum atomic E-state index is 13.2. The zero-order chi connectivity index (χ0) is 17.3. The van der Waals surface area contributed by atoms with Crippen molar-refractivity contribution in [2.45, 2.75) is 20.4 Å². The molecule has 0 saturated carbocycles. The molecule has 1 aromatic heterocycles. The Morgan fingerprint density at radius 1 is 1.12 bits per heavy atom. The van der Waals surface area contributed by atoms with E-state index in [1.165, 1.54) is 30.3 Å². The van der Waals surface area contributed by atoms with Crippen LogP contribution in [-0.2, 0) is 6.54 Å². The fourth-order valence-electron chi connectivity index (χ4n) is 2.54. The Labute approximate surface area is 137 Å². The van der Waals surface area contributed by atoms with Crippen LogP contribution in [0.25, 0.3) is 11.0 Å². The van der Waals surface area contributed by atoms with E-state index >= 15 is 0 Å². The van der Waals surface area contributed by atoms with Crippen LogP contribution in [-0.4, -0.2) is 5.91 Å². The molecule has 2 aromatic carbocycles. The summed E-state index contributed by atoms with van der Waals surface area (Å²) < 4.78 is 18.4. The van der Waals surface area contributed by atoms with Gasteiger partial charge in [0.25, 0.3) is 5.91 Å². The Morgan fingerprint density at radius 3 is 2.62 bits per heavy atom. The molecule has 122 valence electrons. The van der Waals surface area contributed by atoms with Gasteiger partial charge in [-0.05, 0) is 60.9 Å². The highest BCUT2D eigenvalue weighted by Crippen LogP contribution is 2.21. The molecule has 1 N–H and O–H groups in total. The third-order valence-corrected chi connectivity index (χ3v) is 3.97. The van der Waals surface area contributed by atoms with Crippen molar-refractivity contribution in [2.24, 2.45) is 0 Å². The number of hydrogen-bond acceptors (Lipinski definition) is 3. The van der Waals surface area contributed by atoms with Crippen LogP contribution in [0.15, 0.2) is 51.7 Å². The number of fused-ring (bicyclic) bond motifs is 1. The van der Waals surface area contributed by atoms with E-state index in [4.69, 9.17) is 4.42 Å². The van der Waals surface area contributed by atoms with Crippen LogP contribution in [0.1, 0.15) is 27.0 Å². The first-order valence-corrected chi connectivity index (χ1v) is 7.52. The van der Waals surface area contributed by atoms with E-state index in [0.29, 0.717) is 11.1 Å². The van der Waals surface area contributed by atoms with E-state index in [0.717, 1.165) is 16.5 Å². The Bertz CT molecular complexity index is 992. The minimum Gasteiger partial charge on any atom is -0.423 e. The molecule has 5 heteroatoms. The van der Waals surface area contributed by atoms with Crippen molar-refractivity contribution in [3.8, 4) is 0 Å². The van der Waals surface area contributed by atoms with Gasteiger partial charge in [0.05, 0.1) is 0 Å². The Balaban J connectivity index is 1.91. The number of hydrogen-bond donors (Lipinski definition) is 1. The molecule has 0 saturated heterocycles. The minimum atomic E-state index is -0.473. The van der Waals surface area contributed by atoms with Gasteiger partial charge in [0.2, 0.25) is 0 Å². The highest BCUT2D eigenvalue weighted by Gasteiger charge is 2.10. The van der Waals surface area contributed by atoms with Crippen LogP contribution < -0.4 is 10.9 Å². The first kappa shape index (κ1) is 15.9. The lowest BCUT2D eigenvalue weighted by Gasteiger charge is -2.09. The third-order valence-electron chi connectivity index (χ3n) is 3.97. The SMILES string of the molecule is Cc1cc2oc(=O)cc(CNC(=O)c3cccc(F)c3)c2cc1C. The predicted octanol–water partition coefficient (Wildman–Crippen LogP) is 3.48. The lowest BCUT2D eigenvalue weighted by molar-refractivity contribution is 0.0950. The number of carbonyl (C=O) groups is 1. The lowest BCUT2D eigenvalue weighted by atomic mass is 10.0. The molecule has 0 aliphatic heterocycles. The van der Waals surface area contributed by atoms with Crippen LogP contribution in [0, 0.1) is 19.7 Å². The summed E-state index contributed by atoms with van der Waals surface area (Å²) in [5.74, 6) is -0.876. The standard InChI is InChI=1S/C19H16FNO3/c1-11-6-16-14(9-18(22)24-17(16)7-12(11)2)10-21-19(23)13-4-3-5-15(20)8-13/h3-9H,10H2,1-2H3,(H,21,23). The molecule has 0 radical (unpaired) electrons. The molecule has 0 atom stereocenters. The predicted molar refractivity (Wildman–Crippen MR) is 89.5 cm³/mol. The summed E-state index contributed by atoms with van der Waals surface area (Å²) in [6.07, 6.45) is 0. The van der Waals surface area contributed by atoms with Gasteiger partial charge in [0.1, 0.15) is 11.4 Å². The van der Waals surface area contributed by atoms with E-state index in [2.05, 4.69) is 5.32 Å². The average molecular weight is 325 g/mol. The van der Waals surface area contributed by atoms with E-state index < -0.39 is 17.3 Å². The maximum Gasteiger partial charge on any atom is 0.336 e. The first-order valence-electron chi connectivity index (χ1n) is 7.52. The van der Waals surface area contributed by atoms with Gasteiger partial charge in [-0.2, -0.15) is 0 Å². The van der Waals surface area contributed by atoms with Crippen LogP contribution in [0.2, 0.25) is 0 Å². The van der Waals surface area contributed by atoms with Crippen molar-refractivity contribution in [3.63, 3.8) is 0 Å². The third kappa shape index (κ3) is 3.20. The molecule has 0 aliphatic rings. The van der Waals surface area contributed by atoms with Gasteiger partial charge in [0.15, 0.2) is 0 Å². The summed E-state index contributed by atoms with van der Waals surface area (Å²) in [5, 5.41) is 3.48. The smallest absolute Gasteiger partial charge is 0.336 e. The largest absolute Gasteiger partial charge is 0.423 e. The van der Waals surface area contributed by atoms with Crippen molar-refractivity contribution in [1.82, 2.24) is 5.32 Å². The van der Waals surface area contributed by atoms with Gasteiger partial charge < -0.3 is 9.73 Å². The van der Waals surface area contributed by atoms with Crippen molar-refractivity contribution in [1.29, 1.82) is 0 Å². The van der Waals surface area contributed by atoms with E-state index in [1.54, 1.807) is 0 Å². The highest BCUT2D eigenvalue weighted by molar-refractivity contribution is 5.94. The van der Waals surface area contributed by atoms with Gasteiger partial charge in [-0.25, -0.2) is 9.18 Å². The normalized spacial score (nSPS) is 10.8. The van der Waals surface area contributed by atoms with Crippen LogP contribution in [0.3, 0.4) is 0 Å². The number of aryl methyl sites for hydroxylation is 2. The molecule has 0 bridgehead atoms. The molecule has 0 unspecified atom stereocenters. The molecule has 4 nitrogen and oxygen atoms in total. The molecule has 1 amide bonds. The number of amides is 1. The average Bonchev–Trinajstić information content (AvgIpc) is 2.54. The molecular weight excluding hydrogens is 309 g/mol. The van der Waals surface area contributed by atoms with Crippen molar-refractivity contribution < 1.29 is 13.6 Å². The van der Waals surface area contributed by atoms with Crippen molar-refractivity contribution in [3.05, 3.63) is 81.0 Å². The minimum absolute atomic E-state index is 0.153. The zero-order valence-electron chi connectivity index (χ0n) is 13.4. The second-order valence-electron chi connectivity index (χ2n) is 5.72. The van der Waals surface area contributed by atoms with Crippen molar-refractivity contribution >= 4 is 16.9 Å². The first-order chi connectivity index (χ1) is 11.4. The topological polar surface area (TPSA) is 59.3 Å². The fraction of sp³-hybridized carbons (Fsp3) is 0.158. The van der Waals surface area contributed by atoms with Gasteiger partial charge >= 0.3 is 5.63 Å². The number of benzene rings is 2. The summed E-state index contributed by atoms with van der Waals surface area (Å²) in [7, 11) is 0. The van der Waals surface area contributed by atoms with Gasteiger partial charge in [-0.1, -0.05) is 6.07 Å². The van der Waals surface area contributed by atoms with E-state index in [9.17, 15) is 14.0 Å². The lowest BCUT2D eigenvalue weighted by Crippen LogP contribution is -2.23. The van der Waals surface area contributed by atoms with Crippen LogP contribution in [0.5, 0.6) is 0 Å². The van der Waals surface area contributed by atoms with E-state index in [1.807, 2.05) is 26.0 Å². The molecule has 0 aliphatic carbocycles. The zero-order valence-corrected chi connectivity index (χ0v) is 13.4. The summed E-state index contributed by atoms with van der Waals surface area (Å²) in [6.45, 7) is 4.06. The monoisotopic (exact) mass is 325 g/mol. The summed E-state index contributed by atoms with van der Waals surface area (Å²) >= 11 is 0. The number of halogens is 1. The highest BCUT2D eigenvalue weighted by atomic mass is 19.1. The Kier molecular flexibility index (Phi) is 4.16. The summed E-state index contributed by atoms with van der Waals surface area (Å²) in [5.41, 5.74) is 2.99. The number of nitrogens with one attached hydrogen (secondary N) is 1. The molecule has 0 fully saturated rings. The molecule has 3 aromatic rings. The van der Waals surface area contributed by atoms with Gasteiger partial charge in [-0.15, -0.1) is 0 Å². The Hall–Kier alpha value is -2.95. The number of rotatable bonds is 3. The maximum absolute atomic E-state index is 13.2. The molecule has 0 spiro atoms. The van der Waals surface area contributed by atoms with Crippen molar-refractivity contribution in [2.75, 3.05) is 0 Å². The van der Waals surface area contributed by atoms with Crippen LogP contribution >= 0.6 is 0 Å². The summed E-state index contributed by atoms with van der Waals surface area (Å²) in [6, 6.07) is 10.6. The Morgan fingerprint density at radius 2 is 1.88 bits per heavy atom. The molecule has 24 heavy (non-hydrogen) atoms. The van der Waals surface area contributed by atoms with Crippen LogP contribution in [0.4, 0.5) is 4.39 Å². The number of carbonyl (C=O) groups excluding carboxylic acids is 1. The quantitative estimate of drug-likeness (QED) is 0.750. The van der Waals surface area contributed by atoms with E-state index in [-0.39, 0.29) is 12.1 Å². The summed E-state index contributed by atoms with van der Waals surface area (Å²) in [4.78, 5) is 23.9. The molecular formula is C19H16FNO3. The fourth-order valence-corrected chi connectivity index (χ4v) is 2.54.